The molecule has 0 fully saturated rings. The first-order valence-electron chi connectivity index (χ1n) is 7.01. The van der Waals surface area contributed by atoms with E-state index in [0.717, 1.165) is 11.4 Å². The molecule has 0 N–H and O–H groups in total. The molecule has 0 aliphatic rings. The van der Waals surface area contributed by atoms with E-state index < -0.39 is 0 Å². The van der Waals surface area contributed by atoms with Crippen molar-refractivity contribution < 1.29 is 9.18 Å². The summed E-state index contributed by atoms with van der Waals surface area (Å²) in [6, 6.07) is 4.98. The second-order valence-corrected chi connectivity index (χ2v) is 5.84. The fraction of sp³-hybridized carbons (Fsp3) is 0.375. The minimum atomic E-state index is -0.274. The molecule has 0 radical (unpaired) electrons. The molecule has 0 aliphatic carbocycles. The number of carbonyl (C=O) groups is 1. The van der Waals surface area contributed by atoms with E-state index in [1.165, 1.54) is 6.07 Å². The van der Waals surface area contributed by atoms with Crippen molar-refractivity contribution >= 4 is 21.7 Å². The monoisotopic (exact) mass is 352 g/mol. The van der Waals surface area contributed by atoms with Gasteiger partial charge in [-0.15, -0.1) is 0 Å². The number of Topliss-reactive ketones (excluding diaryl/α,β-unsaturated/α-hetero) is 1. The van der Waals surface area contributed by atoms with Gasteiger partial charge in [-0.05, 0) is 31.9 Å². The molecule has 5 heteroatoms. The Kier molecular flexibility index (Phi) is 4.93. The minimum absolute atomic E-state index is 0.0197. The molecule has 0 saturated carbocycles. The van der Waals surface area contributed by atoms with Gasteiger partial charge in [0, 0.05) is 15.7 Å². The van der Waals surface area contributed by atoms with E-state index in [1.54, 1.807) is 23.7 Å². The lowest BCUT2D eigenvalue weighted by atomic mass is 10.1. The van der Waals surface area contributed by atoms with Gasteiger partial charge in [0.05, 0.1) is 17.8 Å². The van der Waals surface area contributed by atoms with Crippen LogP contribution in [0, 0.1) is 5.82 Å². The Morgan fingerprint density at radius 3 is 2.57 bits per heavy atom. The SMILES string of the molecule is CCc1nn(Cc2ccc(Br)cc2F)c(CC)c1C(C)=O. The Labute approximate surface area is 132 Å². The molecule has 0 saturated heterocycles. The number of hydrogen-bond donors (Lipinski definition) is 0. The average molecular weight is 353 g/mol. The third kappa shape index (κ3) is 3.23. The lowest BCUT2D eigenvalue weighted by Crippen LogP contribution is -2.09. The normalized spacial score (nSPS) is 10.9. The molecular weight excluding hydrogens is 335 g/mol. The molecule has 1 aromatic heterocycles. The summed E-state index contributed by atoms with van der Waals surface area (Å²) in [5, 5.41) is 4.50. The summed E-state index contributed by atoms with van der Waals surface area (Å²) in [7, 11) is 0. The molecule has 21 heavy (non-hydrogen) atoms. The van der Waals surface area contributed by atoms with Crippen LogP contribution in [0.5, 0.6) is 0 Å². The van der Waals surface area contributed by atoms with Gasteiger partial charge in [-0.3, -0.25) is 9.48 Å². The van der Waals surface area contributed by atoms with Crippen molar-refractivity contribution in [2.45, 2.75) is 40.2 Å². The maximum Gasteiger partial charge on any atom is 0.163 e. The highest BCUT2D eigenvalue weighted by Gasteiger charge is 2.19. The summed E-state index contributed by atoms with van der Waals surface area (Å²) in [6.45, 7) is 5.85. The molecule has 2 rings (SSSR count). The van der Waals surface area contributed by atoms with E-state index in [1.807, 2.05) is 13.8 Å². The van der Waals surface area contributed by atoms with Crippen LogP contribution in [0.4, 0.5) is 4.39 Å². The Morgan fingerprint density at radius 2 is 2.05 bits per heavy atom. The van der Waals surface area contributed by atoms with Crippen LogP contribution in [-0.4, -0.2) is 15.6 Å². The van der Waals surface area contributed by atoms with Crippen molar-refractivity contribution in [3.8, 4) is 0 Å². The van der Waals surface area contributed by atoms with Crippen molar-refractivity contribution in [1.29, 1.82) is 0 Å². The van der Waals surface area contributed by atoms with E-state index in [-0.39, 0.29) is 11.6 Å². The first-order valence-corrected chi connectivity index (χ1v) is 7.80. The van der Waals surface area contributed by atoms with E-state index in [9.17, 15) is 9.18 Å². The predicted molar refractivity (Wildman–Crippen MR) is 84.2 cm³/mol. The second kappa shape index (κ2) is 6.52. The smallest absolute Gasteiger partial charge is 0.163 e. The van der Waals surface area contributed by atoms with Crippen LogP contribution in [0.2, 0.25) is 0 Å². The van der Waals surface area contributed by atoms with Gasteiger partial charge in [-0.25, -0.2) is 4.39 Å². The number of aryl methyl sites for hydroxylation is 1. The number of rotatable bonds is 5. The van der Waals surface area contributed by atoms with Crippen LogP contribution in [0.15, 0.2) is 22.7 Å². The van der Waals surface area contributed by atoms with Crippen LogP contribution in [-0.2, 0) is 19.4 Å². The third-order valence-electron chi connectivity index (χ3n) is 3.49. The van der Waals surface area contributed by atoms with Gasteiger partial charge in [0.1, 0.15) is 5.82 Å². The first-order chi connectivity index (χ1) is 9.97. The number of aromatic nitrogens is 2. The number of halogens is 2. The summed E-state index contributed by atoms with van der Waals surface area (Å²) in [5.41, 5.74) is 2.92. The lowest BCUT2D eigenvalue weighted by molar-refractivity contribution is 0.101. The topological polar surface area (TPSA) is 34.9 Å². The number of nitrogens with zero attached hydrogens (tertiary/aromatic N) is 2. The first kappa shape index (κ1) is 15.9. The van der Waals surface area contributed by atoms with Crippen molar-refractivity contribution in [3.05, 3.63) is 51.0 Å². The van der Waals surface area contributed by atoms with Crippen molar-refractivity contribution in [2.75, 3.05) is 0 Å². The van der Waals surface area contributed by atoms with Crippen LogP contribution >= 0.6 is 15.9 Å². The Bertz CT molecular complexity index is 679. The third-order valence-corrected chi connectivity index (χ3v) is 3.98. The molecule has 0 bridgehead atoms. The molecule has 0 aliphatic heterocycles. The highest BCUT2D eigenvalue weighted by Crippen LogP contribution is 2.21. The Hall–Kier alpha value is -1.49. The summed E-state index contributed by atoms with van der Waals surface area (Å²) in [5.74, 6) is -0.254. The van der Waals surface area contributed by atoms with Crippen LogP contribution in [0.1, 0.15) is 48.1 Å². The fourth-order valence-corrected chi connectivity index (χ4v) is 2.84. The van der Waals surface area contributed by atoms with E-state index in [0.29, 0.717) is 35.0 Å². The molecule has 0 unspecified atom stereocenters. The van der Waals surface area contributed by atoms with Gasteiger partial charge in [0.15, 0.2) is 5.78 Å². The number of benzene rings is 1. The molecule has 1 heterocycles. The molecule has 0 spiro atoms. The van der Waals surface area contributed by atoms with Crippen LogP contribution < -0.4 is 0 Å². The average Bonchev–Trinajstić information content (AvgIpc) is 2.79. The molecule has 112 valence electrons. The maximum absolute atomic E-state index is 14.0. The number of hydrogen-bond acceptors (Lipinski definition) is 2. The summed E-state index contributed by atoms with van der Waals surface area (Å²) >= 11 is 3.25. The largest absolute Gasteiger partial charge is 0.294 e. The standard InChI is InChI=1S/C16H18BrFN2O/c1-4-14-16(10(3)21)15(5-2)20(19-14)9-11-6-7-12(17)8-13(11)18/h6-8H,4-5,9H2,1-3H3. The Morgan fingerprint density at radius 1 is 1.33 bits per heavy atom. The predicted octanol–water partition coefficient (Wildman–Crippen LogP) is 4.16. The zero-order valence-electron chi connectivity index (χ0n) is 12.4. The molecule has 2 aromatic rings. The van der Waals surface area contributed by atoms with Gasteiger partial charge in [-0.2, -0.15) is 5.10 Å². The van der Waals surface area contributed by atoms with Crippen LogP contribution in [0.25, 0.3) is 0 Å². The quantitative estimate of drug-likeness (QED) is 0.757. The minimum Gasteiger partial charge on any atom is -0.294 e. The van der Waals surface area contributed by atoms with Crippen molar-refractivity contribution in [3.63, 3.8) is 0 Å². The van der Waals surface area contributed by atoms with E-state index >= 15 is 0 Å². The molecular formula is C16H18BrFN2O. The molecule has 0 atom stereocenters. The van der Waals surface area contributed by atoms with E-state index in [4.69, 9.17) is 0 Å². The lowest BCUT2D eigenvalue weighted by Gasteiger charge is -2.08. The summed E-state index contributed by atoms with van der Waals surface area (Å²) < 4.78 is 16.4. The summed E-state index contributed by atoms with van der Waals surface area (Å²) in [6.07, 6.45) is 1.39. The zero-order valence-corrected chi connectivity index (χ0v) is 14.0. The number of carbonyl (C=O) groups excluding carboxylic acids is 1. The van der Waals surface area contributed by atoms with Gasteiger partial charge in [0.25, 0.3) is 0 Å². The fourth-order valence-electron chi connectivity index (χ4n) is 2.51. The Balaban J connectivity index is 2.46. The number of ketones is 1. The highest BCUT2D eigenvalue weighted by atomic mass is 79.9. The second-order valence-electron chi connectivity index (χ2n) is 4.93. The molecule has 3 nitrogen and oxygen atoms in total. The highest BCUT2D eigenvalue weighted by molar-refractivity contribution is 9.10. The van der Waals surface area contributed by atoms with Crippen LogP contribution in [0.3, 0.4) is 0 Å². The zero-order chi connectivity index (χ0) is 15.6. The summed E-state index contributed by atoms with van der Waals surface area (Å²) in [4.78, 5) is 11.8. The molecule has 1 aromatic carbocycles. The molecule has 0 amide bonds. The van der Waals surface area contributed by atoms with Gasteiger partial charge in [0.2, 0.25) is 0 Å². The van der Waals surface area contributed by atoms with Crippen molar-refractivity contribution in [2.24, 2.45) is 0 Å². The van der Waals surface area contributed by atoms with Gasteiger partial charge in [-0.1, -0.05) is 35.8 Å². The van der Waals surface area contributed by atoms with Gasteiger partial charge >= 0.3 is 0 Å². The van der Waals surface area contributed by atoms with E-state index in [2.05, 4.69) is 21.0 Å². The van der Waals surface area contributed by atoms with Gasteiger partial charge < -0.3 is 0 Å². The van der Waals surface area contributed by atoms with Crippen molar-refractivity contribution in [1.82, 2.24) is 9.78 Å². The maximum atomic E-state index is 14.0.